The van der Waals surface area contributed by atoms with Gasteiger partial charge in [0.1, 0.15) is 0 Å². The Balaban J connectivity index is 2.78. The average Bonchev–Trinajstić information content (AvgIpc) is 2.54. The van der Waals surface area contributed by atoms with Crippen molar-refractivity contribution in [3.8, 4) is 0 Å². The number of hydrogen-bond acceptors (Lipinski definition) is 4. The molecule has 0 amide bonds. The van der Waals surface area contributed by atoms with Gasteiger partial charge in [-0.3, -0.25) is 20.2 Å². The summed E-state index contributed by atoms with van der Waals surface area (Å²) < 4.78 is 0. The summed E-state index contributed by atoms with van der Waals surface area (Å²) in [6.45, 7) is 2.61. The van der Waals surface area contributed by atoms with Crippen molar-refractivity contribution in [3.63, 3.8) is 0 Å². The van der Waals surface area contributed by atoms with Gasteiger partial charge in [0, 0.05) is 34.8 Å². The summed E-state index contributed by atoms with van der Waals surface area (Å²) in [5.41, 5.74) is -3.22. The van der Waals surface area contributed by atoms with Crippen LogP contribution in [0.3, 0.4) is 0 Å². The molecule has 0 heterocycles. The third-order valence-corrected chi connectivity index (χ3v) is 4.35. The van der Waals surface area contributed by atoms with E-state index in [1.165, 1.54) is 13.8 Å². The van der Waals surface area contributed by atoms with Crippen LogP contribution in [0.4, 0.5) is 0 Å². The quantitative estimate of drug-likeness (QED) is 0.625. The van der Waals surface area contributed by atoms with E-state index < -0.39 is 20.9 Å². The fraction of sp³-hybridized carbons (Fsp3) is 0.250. The molecule has 114 valence electrons. The Hall–Kier alpha value is -2.76. The molecule has 0 bridgehead atoms. The number of benzene rings is 2. The minimum atomic E-state index is -1.90. The maximum Gasteiger partial charge on any atom is 0.316 e. The van der Waals surface area contributed by atoms with Crippen molar-refractivity contribution in [2.75, 3.05) is 0 Å². The van der Waals surface area contributed by atoms with Crippen molar-refractivity contribution in [1.29, 1.82) is 0 Å². The second kappa shape index (κ2) is 5.55. The van der Waals surface area contributed by atoms with E-state index in [2.05, 4.69) is 0 Å². The van der Waals surface area contributed by atoms with Crippen LogP contribution in [0.1, 0.15) is 25.0 Å². The molecule has 6 heteroatoms. The molecular formula is C16H16N2O4. The molecule has 22 heavy (non-hydrogen) atoms. The second-order valence-electron chi connectivity index (χ2n) is 5.39. The van der Waals surface area contributed by atoms with Crippen molar-refractivity contribution >= 4 is 0 Å². The van der Waals surface area contributed by atoms with Crippen molar-refractivity contribution < 1.29 is 9.85 Å². The Morgan fingerprint density at radius 2 is 0.955 bits per heavy atom. The van der Waals surface area contributed by atoms with E-state index in [1.54, 1.807) is 60.7 Å². The number of rotatable bonds is 5. The Morgan fingerprint density at radius 1 is 0.682 bits per heavy atom. The Kier molecular flexibility index (Phi) is 3.95. The number of nitrogens with zero attached hydrogens (tertiary/aromatic N) is 2. The van der Waals surface area contributed by atoms with Gasteiger partial charge >= 0.3 is 11.1 Å². The standard InChI is InChI=1S/C16H16N2O4/c1-15(17(19)20,13-9-5-3-6-10-13)16(2,18(21)22)14-11-7-4-8-12-14/h3-12H,1-2H3/t15-,16+. The highest BCUT2D eigenvalue weighted by molar-refractivity contribution is 5.32. The molecule has 0 aliphatic rings. The lowest BCUT2D eigenvalue weighted by atomic mass is 9.71. The van der Waals surface area contributed by atoms with E-state index in [0.29, 0.717) is 11.1 Å². The van der Waals surface area contributed by atoms with E-state index in [9.17, 15) is 20.2 Å². The summed E-state index contributed by atoms with van der Waals surface area (Å²) in [4.78, 5) is 22.6. The van der Waals surface area contributed by atoms with Crippen LogP contribution in [-0.2, 0) is 11.1 Å². The molecular weight excluding hydrogens is 284 g/mol. The molecule has 2 rings (SSSR count). The van der Waals surface area contributed by atoms with E-state index in [4.69, 9.17) is 0 Å². The molecule has 0 aliphatic carbocycles. The summed E-state index contributed by atoms with van der Waals surface area (Å²) in [5.74, 6) is 0. The number of hydrogen-bond donors (Lipinski definition) is 0. The number of nitro groups is 2. The summed E-state index contributed by atoms with van der Waals surface area (Å²) >= 11 is 0. The van der Waals surface area contributed by atoms with Gasteiger partial charge in [0.05, 0.1) is 0 Å². The van der Waals surface area contributed by atoms with Gasteiger partial charge in [0.25, 0.3) is 0 Å². The van der Waals surface area contributed by atoms with Gasteiger partial charge in [0.15, 0.2) is 0 Å². The fourth-order valence-corrected chi connectivity index (χ4v) is 2.65. The first-order valence-corrected chi connectivity index (χ1v) is 6.75. The molecule has 0 aliphatic heterocycles. The second-order valence-corrected chi connectivity index (χ2v) is 5.39. The SMILES string of the molecule is C[C@](c1ccccc1)([N+](=O)[O-])[C@](C)(c1ccccc1)[N+](=O)[O-]. The van der Waals surface area contributed by atoms with Crippen LogP contribution in [0.25, 0.3) is 0 Å². The van der Waals surface area contributed by atoms with Crippen LogP contribution < -0.4 is 0 Å². The van der Waals surface area contributed by atoms with Gasteiger partial charge in [-0.25, -0.2) is 0 Å². The van der Waals surface area contributed by atoms with Crippen LogP contribution in [-0.4, -0.2) is 9.85 Å². The van der Waals surface area contributed by atoms with E-state index in [-0.39, 0.29) is 0 Å². The first kappa shape index (κ1) is 15.6. The van der Waals surface area contributed by atoms with Crippen LogP contribution in [0.15, 0.2) is 60.7 Å². The lowest BCUT2D eigenvalue weighted by Gasteiger charge is -2.32. The molecule has 2 atom stereocenters. The topological polar surface area (TPSA) is 86.3 Å². The Morgan fingerprint density at radius 3 is 1.18 bits per heavy atom. The van der Waals surface area contributed by atoms with Gasteiger partial charge < -0.3 is 0 Å². The zero-order chi connectivity index (χ0) is 16.4. The monoisotopic (exact) mass is 300 g/mol. The zero-order valence-electron chi connectivity index (χ0n) is 12.3. The first-order valence-electron chi connectivity index (χ1n) is 6.75. The summed E-state index contributed by atoms with van der Waals surface area (Å²) in [7, 11) is 0. The van der Waals surface area contributed by atoms with Crippen molar-refractivity contribution in [1.82, 2.24) is 0 Å². The van der Waals surface area contributed by atoms with Crippen LogP contribution in [0.2, 0.25) is 0 Å². The molecule has 0 saturated carbocycles. The highest BCUT2D eigenvalue weighted by Gasteiger charge is 2.66. The van der Waals surface area contributed by atoms with Crippen molar-refractivity contribution in [2.45, 2.75) is 24.9 Å². The maximum atomic E-state index is 11.8. The van der Waals surface area contributed by atoms with Gasteiger partial charge in [0.2, 0.25) is 0 Å². The first-order chi connectivity index (χ1) is 10.3. The maximum absolute atomic E-state index is 11.8. The molecule has 0 saturated heterocycles. The summed E-state index contributed by atoms with van der Waals surface area (Å²) in [5, 5.41) is 23.7. The van der Waals surface area contributed by atoms with Gasteiger partial charge in [-0.05, 0) is 0 Å². The minimum Gasteiger partial charge on any atom is -0.263 e. The Labute approximate surface area is 127 Å². The normalized spacial score (nSPS) is 16.3. The summed E-state index contributed by atoms with van der Waals surface area (Å²) in [6, 6.07) is 16.2. The van der Waals surface area contributed by atoms with Crippen LogP contribution >= 0.6 is 0 Å². The largest absolute Gasteiger partial charge is 0.316 e. The van der Waals surface area contributed by atoms with Gasteiger partial charge in [-0.15, -0.1) is 0 Å². The Bertz CT molecular complexity index is 628. The lowest BCUT2D eigenvalue weighted by Crippen LogP contribution is -2.55. The molecule has 0 aromatic heterocycles. The molecule has 2 aromatic carbocycles. The minimum absolute atomic E-state index is 0.294. The van der Waals surface area contributed by atoms with Crippen molar-refractivity contribution in [2.24, 2.45) is 0 Å². The molecule has 0 spiro atoms. The predicted molar refractivity (Wildman–Crippen MR) is 81.6 cm³/mol. The van der Waals surface area contributed by atoms with E-state index in [1.807, 2.05) is 0 Å². The van der Waals surface area contributed by atoms with E-state index in [0.717, 1.165) is 0 Å². The van der Waals surface area contributed by atoms with Gasteiger partial charge in [-0.1, -0.05) is 60.7 Å². The summed E-state index contributed by atoms with van der Waals surface area (Å²) in [6.07, 6.45) is 0. The smallest absolute Gasteiger partial charge is 0.263 e. The van der Waals surface area contributed by atoms with Gasteiger partial charge in [-0.2, -0.15) is 0 Å². The van der Waals surface area contributed by atoms with Crippen LogP contribution in [0, 0.1) is 20.2 Å². The average molecular weight is 300 g/mol. The predicted octanol–water partition coefficient (Wildman–Crippen LogP) is 3.37. The molecule has 0 N–H and O–H groups in total. The van der Waals surface area contributed by atoms with Crippen LogP contribution in [0.5, 0.6) is 0 Å². The zero-order valence-corrected chi connectivity index (χ0v) is 12.3. The molecule has 2 aromatic rings. The van der Waals surface area contributed by atoms with E-state index >= 15 is 0 Å². The lowest BCUT2D eigenvalue weighted by molar-refractivity contribution is -0.696. The highest BCUT2D eigenvalue weighted by Crippen LogP contribution is 2.44. The third kappa shape index (κ3) is 2.13. The fourth-order valence-electron chi connectivity index (χ4n) is 2.65. The molecule has 0 fully saturated rings. The molecule has 0 unspecified atom stereocenters. The molecule has 0 radical (unpaired) electrons. The molecule has 6 nitrogen and oxygen atoms in total. The van der Waals surface area contributed by atoms with Crippen molar-refractivity contribution in [3.05, 3.63) is 92.0 Å². The highest BCUT2D eigenvalue weighted by atomic mass is 16.6. The third-order valence-electron chi connectivity index (χ3n) is 4.35.